The molecule has 1 heterocycles. The molecule has 0 spiro atoms. The molecule has 0 aliphatic heterocycles. The normalized spacial score (nSPS) is 12.2. The van der Waals surface area contributed by atoms with Crippen molar-refractivity contribution in [3.63, 3.8) is 0 Å². The van der Waals surface area contributed by atoms with Crippen molar-refractivity contribution in [1.82, 2.24) is 9.78 Å². The second-order valence-corrected chi connectivity index (χ2v) is 6.93. The van der Waals surface area contributed by atoms with Crippen LogP contribution in [0.4, 0.5) is 0 Å². The molecule has 26 heavy (non-hydrogen) atoms. The van der Waals surface area contributed by atoms with Gasteiger partial charge in [0.1, 0.15) is 0 Å². The van der Waals surface area contributed by atoms with Crippen molar-refractivity contribution in [2.45, 2.75) is 33.2 Å². The van der Waals surface area contributed by atoms with Crippen molar-refractivity contribution >= 4 is 17.5 Å². The fourth-order valence-corrected chi connectivity index (χ4v) is 3.23. The predicted octanol–water partition coefficient (Wildman–Crippen LogP) is 4.92. The Hall–Kier alpha value is -2.59. The van der Waals surface area contributed by atoms with E-state index in [-0.39, 0.29) is 11.7 Å². The van der Waals surface area contributed by atoms with Gasteiger partial charge in [-0.3, -0.25) is 9.48 Å². The van der Waals surface area contributed by atoms with E-state index in [1.54, 1.807) is 6.07 Å². The maximum absolute atomic E-state index is 11.7. The van der Waals surface area contributed by atoms with Crippen LogP contribution in [0.5, 0.6) is 0 Å². The fraction of sp³-hybridized carbons (Fsp3) is 0.238. The first-order valence-corrected chi connectivity index (χ1v) is 9.01. The number of amides is 1. The molecule has 3 rings (SSSR count). The molecule has 0 saturated heterocycles. The minimum atomic E-state index is -0.533. The van der Waals surface area contributed by atoms with Crippen LogP contribution in [0.25, 0.3) is 11.3 Å². The van der Waals surface area contributed by atoms with E-state index >= 15 is 0 Å². The Bertz CT molecular complexity index is 944. The van der Waals surface area contributed by atoms with Gasteiger partial charge in [0.05, 0.1) is 11.7 Å². The SMILES string of the molecule is CCC(c1ccc(C)cc1)n1nc(C(N)=O)cc1-c1ccc(Cl)c(C)c1. The number of benzene rings is 2. The van der Waals surface area contributed by atoms with Crippen molar-refractivity contribution in [1.29, 1.82) is 0 Å². The van der Waals surface area contributed by atoms with E-state index in [1.165, 1.54) is 5.56 Å². The Morgan fingerprint density at radius 1 is 1.15 bits per heavy atom. The Morgan fingerprint density at radius 2 is 1.85 bits per heavy atom. The summed E-state index contributed by atoms with van der Waals surface area (Å²) in [6.07, 6.45) is 0.836. The van der Waals surface area contributed by atoms with Gasteiger partial charge in [0, 0.05) is 10.6 Å². The summed E-state index contributed by atoms with van der Waals surface area (Å²) in [4.78, 5) is 11.7. The Labute approximate surface area is 158 Å². The van der Waals surface area contributed by atoms with Gasteiger partial charge in [-0.2, -0.15) is 5.10 Å². The molecule has 134 valence electrons. The highest BCUT2D eigenvalue weighted by Crippen LogP contribution is 2.31. The molecule has 0 radical (unpaired) electrons. The van der Waals surface area contributed by atoms with Gasteiger partial charge in [0.25, 0.3) is 5.91 Å². The van der Waals surface area contributed by atoms with Gasteiger partial charge in [-0.1, -0.05) is 54.4 Å². The highest BCUT2D eigenvalue weighted by Gasteiger charge is 2.21. The summed E-state index contributed by atoms with van der Waals surface area (Å²) in [5.74, 6) is -0.533. The van der Waals surface area contributed by atoms with Crippen LogP contribution < -0.4 is 5.73 Å². The molecule has 5 heteroatoms. The summed E-state index contributed by atoms with van der Waals surface area (Å²) in [6.45, 7) is 6.12. The van der Waals surface area contributed by atoms with E-state index in [0.717, 1.165) is 28.8 Å². The molecular formula is C21H22ClN3O. The molecule has 1 unspecified atom stereocenters. The quantitative estimate of drug-likeness (QED) is 0.695. The highest BCUT2D eigenvalue weighted by molar-refractivity contribution is 6.31. The molecule has 0 bridgehead atoms. The molecule has 0 aliphatic carbocycles. The van der Waals surface area contributed by atoms with Gasteiger partial charge in [-0.05, 0) is 49.6 Å². The molecule has 3 aromatic rings. The molecule has 0 fully saturated rings. The third-order valence-electron chi connectivity index (χ3n) is 4.59. The maximum atomic E-state index is 11.7. The summed E-state index contributed by atoms with van der Waals surface area (Å²) < 4.78 is 1.90. The van der Waals surface area contributed by atoms with E-state index in [0.29, 0.717) is 5.02 Å². The highest BCUT2D eigenvalue weighted by atomic mass is 35.5. The smallest absolute Gasteiger partial charge is 0.269 e. The van der Waals surface area contributed by atoms with Crippen molar-refractivity contribution in [3.05, 3.63) is 75.9 Å². The third kappa shape index (κ3) is 3.51. The predicted molar refractivity (Wildman–Crippen MR) is 106 cm³/mol. The lowest BCUT2D eigenvalue weighted by atomic mass is 10.0. The first kappa shape index (κ1) is 18.2. The van der Waals surface area contributed by atoms with Crippen LogP contribution in [0.1, 0.15) is 46.6 Å². The van der Waals surface area contributed by atoms with E-state index < -0.39 is 5.91 Å². The van der Waals surface area contributed by atoms with Gasteiger partial charge < -0.3 is 5.73 Å². The lowest BCUT2D eigenvalue weighted by Crippen LogP contribution is -2.16. The molecule has 0 saturated carbocycles. The van der Waals surface area contributed by atoms with E-state index in [1.807, 2.05) is 29.8 Å². The van der Waals surface area contributed by atoms with E-state index in [4.69, 9.17) is 17.3 Å². The number of nitrogens with zero attached hydrogens (tertiary/aromatic N) is 2. The van der Waals surface area contributed by atoms with E-state index in [9.17, 15) is 4.79 Å². The summed E-state index contributed by atoms with van der Waals surface area (Å²) in [5, 5.41) is 5.23. The van der Waals surface area contributed by atoms with Crippen LogP contribution in [-0.4, -0.2) is 15.7 Å². The summed E-state index contributed by atoms with van der Waals surface area (Å²) >= 11 is 6.17. The van der Waals surface area contributed by atoms with Crippen molar-refractivity contribution < 1.29 is 4.79 Å². The molecule has 2 N–H and O–H groups in total. The number of hydrogen-bond donors (Lipinski definition) is 1. The minimum Gasteiger partial charge on any atom is -0.364 e. The summed E-state index contributed by atoms with van der Waals surface area (Å²) in [7, 11) is 0. The number of aryl methyl sites for hydroxylation is 2. The van der Waals surface area contributed by atoms with Gasteiger partial charge in [0.15, 0.2) is 5.69 Å². The molecule has 4 nitrogen and oxygen atoms in total. The third-order valence-corrected chi connectivity index (χ3v) is 5.01. The van der Waals surface area contributed by atoms with Gasteiger partial charge in [0.2, 0.25) is 0 Å². The molecule has 1 amide bonds. The zero-order chi connectivity index (χ0) is 18.8. The van der Waals surface area contributed by atoms with Crippen LogP contribution >= 0.6 is 11.6 Å². The monoisotopic (exact) mass is 367 g/mol. The molecule has 1 aromatic heterocycles. The maximum Gasteiger partial charge on any atom is 0.269 e. The zero-order valence-corrected chi connectivity index (χ0v) is 15.9. The standard InChI is InChI=1S/C21H22ClN3O/c1-4-19(15-7-5-13(2)6-8-15)25-20(12-18(24-25)21(23)26)16-9-10-17(22)14(3)11-16/h5-12,19H,4H2,1-3H3,(H2,23,26). The number of primary amides is 1. The number of rotatable bonds is 5. The Kier molecular flexibility index (Phi) is 5.14. The van der Waals surface area contributed by atoms with Crippen LogP contribution in [0.15, 0.2) is 48.5 Å². The minimum absolute atomic E-state index is 0.00897. The van der Waals surface area contributed by atoms with Crippen LogP contribution in [-0.2, 0) is 0 Å². The van der Waals surface area contributed by atoms with Gasteiger partial charge in [-0.25, -0.2) is 0 Å². The largest absolute Gasteiger partial charge is 0.364 e. The molecule has 1 atom stereocenters. The van der Waals surface area contributed by atoms with E-state index in [2.05, 4.69) is 43.2 Å². The van der Waals surface area contributed by atoms with Gasteiger partial charge in [-0.15, -0.1) is 0 Å². The Balaban J connectivity index is 2.16. The van der Waals surface area contributed by atoms with Crippen molar-refractivity contribution in [2.24, 2.45) is 5.73 Å². The molecule has 0 aliphatic rings. The summed E-state index contributed by atoms with van der Waals surface area (Å²) in [6, 6.07) is 15.9. The second kappa shape index (κ2) is 7.34. The lowest BCUT2D eigenvalue weighted by Gasteiger charge is -2.20. The van der Waals surface area contributed by atoms with Crippen LogP contribution in [0.3, 0.4) is 0 Å². The second-order valence-electron chi connectivity index (χ2n) is 6.52. The fourth-order valence-electron chi connectivity index (χ4n) is 3.11. The Morgan fingerprint density at radius 3 is 2.42 bits per heavy atom. The van der Waals surface area contributed by atoms with Crippen molar-refractivity contribution in [2.75, 3.05) is 0 Å². The molecule has 2 aromatic carbocycles. The number of nitrogens with two attached hydrogens (primary N) is 1. The topological polar surface area (TPSA) is 60.9 Å². The average Bonchev–Trinajstić information content (AvgIpc) is 3.05. The lowest BCUT2D eigenvalue weighted by molar-refractivity contribution is 0.0994. The molecular weight excluding hydrogens is 346 g/mol. The number of carbonyl (C=O) groups excluding carboxylic acids is 1. The number of carbonyl (C=O) groups is 1. The first-order chi connectivity index (χ1) is 12.4. The average molecular weight is 368 g/mol. The van der Waals surface area contributed by atoms with Gasteiger partial charge >= 0.3 is 0 Å². The number of aromatic nitrogens is 2. The summed E-state index contributed by atoms with van der Waals surface area (Å²) in [5.41, 5.74) is 10.9. The van der Waals surface area contributed by atoms with Crippen molar-refractivity contribution in [3.8, 4) is 11.3 Å². The number of hydrogen-bond acceptors (Lipinski definition) is 2. The van der Waals surface area contributed by atoms with Crippen LogP contribution in [0, 0.1) is 13.8 Å². The van der Waals surface area contributed by atoms with Crippen LogP contribution in [0.2, 0.25) is 5.02 Å². The zero-order valence-electron chi connectivity index (χ0n) is 15.2. The number of halogens is 1. The first-order valence-electron chi connectivity index (χ1n) is 8.63.